The van der Waals surface area contributed by atoms with Gasteiger partial charge in [-0.05, 0) is 70.6 Å². The predicted molar refractivity (Wildman–Crippen MR) is 222 cm³/mol. The number of phosphoric acid groups is 1. The topological polar surface area (TPSA) is 111 Å². The molecule has 10 heteroatoms. The monoisotopic (exact) mass is 778 g/mol. The number of likely N-dealkylation sites (N-methyl/N-ethyl adjacent to an activating group) is 1. The highest BCUT2D eigenvalue weighted by molar-refractivity contribution is 7.45. The van der Waals surface area contributed by atoms with Gasteiger partial charge in [0.15, 0.2) is 6.10 Å². The third-order valence-electron chi connectivity index (χ3n) is 8.21. The Balaban J connectivity index is 4.52. The number of carbonyl (C=O) groups excluding carboxylic acids is 2. The molecule has 310 valence electrons. The smallest absolute Gasteiger partial charge is 0.306 e. The molecule has 0 radical (unpaired) electrons. The number of hydrogen-bond donors (Lipinski definition) is 0. The van der Waals surface area contributed by atoms with E-state index in [-0.39, 0.29) is 26.1 Å². The summed E-state index contributed by atoms with van der Waals surface area (Å²) in [5, 5.41) is 0. The van der Waals surface area contributed by atoms with Gasteiger partial charge in [0, 0.05) is 12.8 Å². The average molecular weight is 778 g/mol. The summed E-state index contributed by atoms with van der Waals surface area (Å²) in [4.78, 5) is 37.3. The van der Waals surface area contributed by atoms with E-state index in [1.165, 1.54) is 38.5 Å². The molecule has 0 heterocycles. The Morgan fingerprint density at radius 3 is 1.63 bits per heavy atom. The van der Waals surface area contributed by atoms with Crippen molar-refractivity contribution in [1.29, 1.82) is 0 Å². The number of rotatable bonds is 36. The third kappa shape index (κ3) is 39.2. The molecule has 9 nitrogen and oxygen atoms in total. The van der Waals surface area contributed by atoms with Gasteiger partial charge < -0.3 is 27.9 Å². The van der Waals surface area contributed by atoms with Crippen LogP contribution in [0.1, 0.15) is 142 Å². The minimum Gasteiger partial charge on any atom is -0.756 e. The molecule has 0 aliphatic heterocycles. The van der Waals surface area contributed by atoms with E-state index in [0.29, 0.717) is 23.9 Å². The lowest BCUT2D eigenvalue weighted by atomic mass is 10.1. The molecule has 1 unspecified atom stereocenters. The Morgan fingerprint density at radius 2 is 1.06 bits per heavy atom. The Hall–Kier alpha value is -2.55. The molecule has 0 aliphatic carbocycles. The summed E-state index contributed by atoms with van der Waals surface area (Å²) in [5.41, 5.74) is 0. The van der Waals surface area contributed by atoms with Crippen LogP contribution in [-0.4, -0.2) is 70.0 Å². The van der Waals surface area contributed by atoms with E-state index < -0.39 is 32.5 Å². The van der Waals surface area contributed by atoms with Gasteiger partial charge in [0.05, 0.1) is 27.7 Å². The maximum atomic E-state index is 12.6. The predicted octanol–water partition coefficient (Wildman–Crippen LogP) is 10.8. The van der Waals surface area contributed by atoms with Crippen molar-refractivity contribution >= 4 is 19.8 Å². The molecule has 0 aromatic rings. The summed E-state index contributed by atoms with van der Waals surface area (Å²) in [5.74, 6) is -0.951. The van der Waals surface area contributed by atoms with Crippen LogP contribution in [0.5, 0.6) is 0 Å². The lowest BCUT2D eigenvalue weighted by molar-refractivity contribution is -0.870. The Morgan fingerprint density at radius 1 is 0.574 bits per heavy atom. The number of ether oxygens (including phenoxy) is 2. The van der Waals surface area contributed by atoms with Gasteiger partial charge in [-0.2, -0.15) is 0 Å². The molecule has 0 spiro atoms. The first-order valence-electron chi connectivity index (χ1n) is 20.6. The first-order chi connectivity index (χ1) is 26.0. The van der Waals surface area contributed by atoms with Gasteiger partial charge in [0.1, 0.15) is 19.8 Å². The van der Waals surface area contributed by atoms with Gasteiger partial charge in [0.25, 0.3) is 7.82 Å². The van der Waals surface area contributed by atoms with Gasteiger partial charge in [0.2, 0.25) is 0 Å². The van der Waals surface area contributed by atoms with E-state index >= 15 is 0 Å². The van der Waals surface area contributed by atoms with Crippen molar-refractivity contribution in [3.05, 3.63) is 72.9 Å². The lowest BCUT2D eigenvalue weighted by Crippen LogP contribution is -2.37. The van der Waals surface area contributed by atoms with Gasteiger partial charge in [-0.15, -0.1) is 0 Å². The summed E-state index contributed by atoms with van der Waals surface area (Å²) >= 11 is 0. The SMILES string of the molecule is CCCC/C=C/CCCCCCCC(=O)O[C@@H](COC(=O)CC/C=C/C/C=C/C/C=C/C/C=C/C/C=C/CCCCC)COP(=O)([O-])OCC[N+](C)(C)C. The highest BCUT2D eigenvalue weighted by atomic mass is 31.2. The molecule has 0 aromatic heterocycles. The van der Waals surface area contributed by atoms with Crippen molar-refractivity contribution in [2.45, 2.75) is 148 Å². The first kappa shape index (κ1) is 51.5. The van der Waals surface area contributed by atoms with Crippen LogP contribution in [0, 0.1) is 0 Å². The average Bonchev–Trinajstić information content (AvgIpc) is 3.12. The molecule has 0 saturated carbocycles. The fourth-order valence-electron chi connectivity index (χ4n) is 4.91. The first-order valence-corrected chi connectivity index (χ1v) is 22.1. The molecule has 0 saturated heterocycles. The second kappa shape index (κ2) is 36.1. The molecule has 54 heavy (non-hydrogen) atoms. The van der Waals surface area contributed by atoms with Gasteiger partial charge in [-0.3, -0.25) is 14.2 Å². The molecular weight excluding hydrogens is 701 g/mol. The van der Waals surface area contributed by atoms with Crippen molar-refractivity contribution in [2.24, 2.45) is 0 Å². The molecular formula is C44H76NO8P. The van der Waals surface area contributed by atoms with Crippen LogP contribution in [0.2, 0.25) is 0 Å². The number of nitrogens with zero attached hydrogens (tertiary/aromatic N) is 1. The summed E-state index contributed by atoms with van der Waals surface area (Å²) in [6.45, 7) is 4.03. The summed E-state index contributed by atoms with van der Waals surface area (Å²) in [7, 11) is 1.11. The van der Waals surface area contributed by atoms with E-state index in [9.17, 15) is 19.0 Å². The maximum absolute atomic E-state index is 12.6. The normalized spacial score (nSPS) is 14.4. The van der Waals surface area contributed by atoms with Crippen LogP contribution in [0.3, 0.4) is 0 Å². The van der Waals surface area contributed by atoms with Crippen LogP contribution < -0.4 is 4.89 Å². The number of quaternary nitrogens is 1. The zero-order chi connectivity index (χ0) is 40.0. The van der Waals surface area contributed by atoms with E-state index in [2.05, 4.69) is 74.6 Å². The summed E-state index contributed by atoms with van der Waals surface area (Å²) in [6.07, 6.45) is 43.8. The lowest BCUT2D eigenvalue weighted by Gasteiger charge is -2.28. The van der Waals surface area contributed by atoms with E-state index in [4.69, 9.17) is 18.5 Å². The van der Waals surface area contributed by atoms with Crippen LogP contribution in [0.15, 0.2) is 72.9 Å². The number of esters is 2. The zero-order valence-electron chi connectivity index (χ0n) is 34.6. The molecule has 2 atom stereocenters. The van der Waals surface area contributed by atoms with Crippen molar-refractivity contribution in [1.82, 2.24) is 0 Å². The quantitative estimate of drug-likeness (QED) is 0.0203. The minimum absolute atomic E-state index is 0.0468. The molecule has 0 bridgehead atoms. The molecule has 0 rings (SSSR count). The number of hydrogen-bond acceptors (Lipinski definition) is 8. The number of carbonyl (C=O) groups is 2. The second-order valence-corrected chi connectivity index (χ2v) is 16.1. The standard InChI is InChI=1S/C44H76NO8P/c1-6-8-10-12-14-16-18-19-20-21-22-23-24-25-27-28-30-32-34-36-43(46)50-40-42(41-52-54(48,49)51-39-38-45(3,4)5)53-44(47)37-35-33-31-29-26-17-15-13-11-9-7-2/h13-16,19-20,22-23,25,27,30,32,42H,6-12,17-18,21,24,26,28-29,31,33-41H2,1-5H3/b15-13+,16-14+,20-19+,23-22+,27-25+,32-30+/t42-/m0/s1. The number of phosphoric ester groups is 1. The molecule has 0 amide bonds. The van der Waals surface area contributed by atoms with Gasteiger partial charge >= 0.3 is 11.9 Å². The van der Waals surface area contributed by atoms with Gasteiger partial charge in [-0.25, -0.2) is 0 Å². The molecule has 0 aliphatic rings. The highest BCUT2D eigenvalue weighted by Gasteiger charge is 2.21. The Labute approximate surface area is 329 Å². The zero-order valence-corrected chi connectivity index (χ0v) is 35.5. The third-order valence-corrected chi connectivity index (χ3v) is 9.18. The summed E-state index contributed by atoms with van der Waals surface area (Å²) in [6, 6.07) is 0. The molecule has 0 aromatic carbocycles. The van der Waals surface area contributed by atoms with Gasteiger partial charge in [-0.1, -0.05) is 132 Å². The summed E-state index contributed by atoms with van der Waals surface area (Å²) < 4.78 is 33.7. The molecule has 0 fully saturated rings. The van der Waals surface area contributed by atoms with Crippen molar-refractivity contribution in [3.8, 4) is 0 Å². The second-order valence-electron chi connectivity index (χ2n) is 14.6. The van der Waals surface area contributed by atoms with Crippen molar-refractivity contribution in [3.63, 3.8) is 0 Å². The van der Waals surface area contributed by atoms with E-state index in [0.717, 1.165) is 64.2 Å². The Bertz CT molecular complexity index is 1150. The maximum Gasteiger partial charge on any atom is 0.306 e. The van der Waals surface area contributed by atoms with Crippen molar-refractivity contribution in [2.75, 3.05) is 47.5 Å². The highest BCUT2D eigenvalue weighted by Crippen LogP contribution is 2.38. The fraction of sp³-hybridized carbons (Fsp3) is 0.682. The number of allylic oxidation sites excluding steroid dienone is 12. The van der Waals surface area contributed by atoms with Crippen LogP contribution in [0.25, 0.3) is 0 Å². The molecule has 0 N–H and O–H groups in total. The largest absolute Gasteiger partial charge is 0.756 e. The fourth-order valence-corrected chi connectivity index (χ4v) is 5.64. The van der Waals surface area contributed by atoms with Crippen LogP contribution in [0.4, 0.5) is 0 Å². The Kier molecular flexibility index (Phi) is 34.4. The number of unbranched alkanes of at least 4 members (excludes halogenated alkanes) is 10. The van der Waals surface area contributed by atoms with E-state index in [1.54, 1.807) is 0 Å². The van der Waals surface area contributed by atoms with E-state index in [1.807, 2.05) is 33.3 Å². The van der Waals surface area contributed by atoms with Crippen LogP contribution in [-0.2, 0) is 32.7 Å². The van der Waals surface area contributed by atoms with Crippen LogP contribution >= 0.6 is 7.82 Å². The van der Waals surface area contributed by atoms with Crippen molar-refractivity contribution < 1.29 is 42.1 Å². The minimum atomic E-state index is -4.64.